The number of hydrogen-bond acceptors (Lipinski definition) is 4. The Morgan fingerprint density at radius 3 is 2.27 bits per heavy atom. The molecular formula is C25H31F2N3O3. The second-order valence-corrected chi connectivity index (χ2v) is 8.93. The molecule has 0 aliphatic carbocycles. The lowest BCUT2D eigenvalue weighted by molar-refractivity contribution is 0.0866. The molecule has 2 aromatic rings. The molecule has 0 atom stereocenters. The van der Waals surface area contributed by atoms with E-state index in [-0.39, 0.29) is 18.4 Å². The Hall–Kier alpha value is -2.84. The number of Topliss-reactive ketones (excluding diaryl/α,β-unsaturated/α-hetero) is 1. The molecule has 0 aromatic heterocycles. The molecule has 0 radical (unpaired) electrons. The van der Waals surface area contributed by atoms with Crippen molar-refractivity contribution in [3.05, 3.63) is 65.2 Å². The summed E-state index contributed by atoms with van der Waals surface area (Å²) in [6.07, 6.45) is 0. The fourth-order valence-corrected chi connectivity index (χ4v) is 3.95. The highest BCUT2D eigenvalue weighted by atomic mass is 19.1. The molecular weight excluding hydrogens is 428 g/mol. The van der Waals surface area contributed by atoms with Crippen molar-refractivity contribution in [2.75, 3.05) is 44.2 Å². The predicted octanol–water partition coefficient (Wildman–Crippen LogP) is 3.82. The number of anilines is 1. The lowest BCUT2D eigenvalue weighted by Gasteiger charge is -2.39. The number of benzene rings is 2. The molecule has 3 rings (SSSR count). The number of carbonyl (C=O) groups is 2. The lowest BCUT2D eigenvalue weighted by Crippen LogP contribution is -2.54. The number of aliphatic hydroxyl groups excluding tert-OH is 1. The number of amides is 2. The first-order chi connectivity index (χ1) is 15.7. The van der Waals surface area contributed by atoms with E-state index in [4.69, 9.17) is 5.11 Å². The quantitative estimate of drug-likeness (QED) is 0.610. The Morgan fingerprint density at radius 1 is 1.03 bits per heavy atom. The van der Waals surface area contributed by atoms with Crippen molar-refractivity contribution in [1.82, 2.24) is 9.80 Å². The summed E-state index contributed by atoms with van der Waals surface area (Å²) in [5.74, 6) is -0.376. The molecule has 1 aliphatic heterocycles. The minimum Gasteiger partial charge on any atom is -0.388 e. The maximum Gasteiger partial charge on any atom is 0.324 e. The smallest absolute Gasteiger partial charge is 0.324 e. The number of aliphatic hydroxyl groups is 1. The van der Waals surface area contributed by atoms with Crippen LogP contribution in [-0.2, 0) is 13.2 Å². The van der Waals surface area contributed by atoms with Gasteiger partial charge in [0.15, 0.2) is 5.78 Å². The Bertz CT molecular complexity index is 952. The zero-order chi connectivity index (χ0) is 24.0. The monoisotopic (exact) mass is 459 g/mol. The van der Waals surface area contributed by atoms with Crippen molar-refractivity contribution in [2.24, 2.45) is 0 Å². The minimum absolute atomic E-state index is 0.208. The molecule has 33 heavy (non-hydrogen) atoms. The van der Waals surface area contributed by atoms with Crippen molar-refractivity contribution in [3.63, 3.8) is 0 Å². The van der Waals surface area contributed by atoms with Gasteiger partial charge in [0.05, 0.1) is 6.54 Å². The number of ketones is 1. The maximum atomic E-state index is 14.0. The van der Waals surface area contributed by atoms with Crippen molar-refractivity contribution >= 4 is 17.5 Å². The van der Waals surface area contributed by atoms with Crippen LogP contribution in [0.25, 0.3) is 0 Å². The first-order valence-electron chi connectivity index (χ1n) is 11.1. The average molecular weight is 460 g/mol. The van der Waals surface area contributed by atoms with Crippen LogP contribution >= 0.6 is 0 Å². The Labute approximate surface area is 193 Å². The van der Waals surface area contributed by atoms with E-state index in [9.17, 15) is 18.4 Å². The summed E-state index contributed by atoms with van der Waals surface area (Å²) in [5.41, 5.74) is 0.947. The normalized spacial score (nSPS) is 14.9. The highest BCUT2D eigenvalue weighted by Gasteiger charge is 2.29. The van der Waals surface area contributed by atoms with E-state index < -0.39 is 19.0 Å². The summed E-state index contributed by atoms with van der Waals surface area (Å²) in [7, 11) is 0. The average Bonchev–Trinajstić information content (AvgIpc) is 2.81. The van der Waals surface area contributed by atoms with Gasteiger partial charge in [0, 0.05) is 44.0 Å². The Balaban J connectivity index is 1.79. The number of piperazine rings is 1. The summed E-state index contributed by atoms with van der Waals surface area (Å²) in [5, 5.41) is 9.04. The van der Waals surface area contributed by atoms with Crippen LogP contribution < -0.4 is 4.90 Å². The third-order valence-electron chi connectivity index (χ3n) is 5.61. The van der Waals surface area contributed by atoms with E-state index in [1.165, 1.54) is 0 Å². The van der Waals surface area contributed by atoms with Crippen LogP contribution in [0.2, 0.25) is 0 Å². The molecule has 8 heteroatoms. The largest absolute Gasteiger partial charge is 0.388 e. The second kappa shape index (κ2) is 10.9. The standard InChI is InChI=1S/C25H31F2N3O3/c1-25(2,27)18-28-10-12-29(13-11-28)24(33)30(22-5-3-4-20(14-22)15-26)16-19-6-8-21(9-7-19)23(32)17-31/h3-9,14,31H,10-13,15-18H2,1-2H3. The number of nitrogens with zero attached hydrogens (tertiary/aromatic N) is 3. The van der Waals surface area contributed by atoms with Gasteiger partial charge in [-0.25, -0.2) is 13.6 Å². The lowest BCUT2D eigenvalue weighted by atomic mass is 10.1. The van der Waals surface area contributed by atoms with E-state index in [1.807, 2.05) is 4.90 Å². The van der Waals surface area contributed by atoms with E-state index in [1.54, 1.807) is 72.2 Å². The van der Waals surface area contributed by atoms with Gasteiger partial charge in [0.25, 0.3) is 0 Å². The number of urea groups is 1. The van der Waals surface area contributed by atoms with Crippen LogP contribution in [0.15, 0.2) is 48.5 Å². The molecule has 0 spiro atoms. The molecule has 1 fully saturated rings. The van der Waals surface area contributed by atoms with Gasteiger partial charge in [-0.1, -0.05) is 36.4 Å². The first-order valence-corrected chi connectivity index (χ1v) is 11.1. The van der Waals surface area contributed by atoms with Crippen LogP contribution in [0.5, 0.6) is 0 Å². The SMILES string of the molecule is CC(C)(F)CN1CCN(C(=O)N(Cc2ccc(C(=O)CO)cc2)c2cccc(CF)c2)CC1. The third kappa shape index (κ3) is 6.82. The summed E-state index contributed by atoms with van der Waals surface area (Å²) in [6, 6.07) is 13.3. The number of halogens is 2. The van der Waals surface area contributed by atoms with Crippen LogP contribution in [0.4, 0.5) is 19.3 Å². The van der Waals surface area contributed by atoms with Gasteiger partial charge >= 0.3 is 6.03 Å². The highest BCUT2D eigenvalue weighted by molar-refractivity contribution is 5.97. The minimum atomic E-state index is -1.30. The third-order valence-corrected chi connectivity index (χ3v) is 5.61. The van der Waals surface area contributed by atoms with Gasteiger partial charge in [0.1, 0.15) is 19.0 Å². The number of hydrogen-bond donors (Lipinski definition) is 1. The molecule has 6 nitrogen and oxygen atoms in total. The number of carbonyl (C=O) groups excluding carboxylic acids is 2. The zero-order valence-electron chi connectivity index (χ0n) is 19.1. The van der Waals surface area contributed by atoms with E-state index in [0.717, 1.165) is 5.56 Å². The molecule has 1 saturated heterocycles. The molecule has 0 saturated carbocycles. The topological polar surface area (TPSA) is 64.1 Å². The van der Waals surface area contributed by atoms with Gasteiger partial charge in [-0.05, 0) is 37.1 Å². The molecule has 2 amide bonds. The van der Waals surface area contributed by atoms with Crippen molar-refractivity contribution in [3.8, 4) is 0 Å². The molecule has 1 N–H and O–H groups in total. The summed E-state index contributed by atoms with van der Waals surface area (Å²) in [4.78, 5) is 30.5. The van der Waals surface area contributed by atoms with Crippen molar-refractivity contribution in [2.45, 2.75) is 32.7 Å². The Kier molecular flexibility index (Phi) is 8.15. The summed E-state index contributed by atoms with van der Waals surface area (Å²) >= 11 is 0. The molecule has 0 bridgehead atoms. The first kappa shape index (κ1) is 24.8. The summed E-state index contributed by atoms with van der Waals surface area (Å²) < 4.78 is 27.3. The molecule has 2 aromatic carbocycles. The van der Waals surface area contributed by atoms with Gasteiger partial charge in [-0.3, -0.25) is 14.6 Å². The maximum absolute atomic E-state index is 14.0. The van der Waals surface area contributed by atoms with Crippen molar-refractivity contribution in [1.29, 1.82) is 0 Å². The number of rotatable bonds is 8. The van der Waals surface area contributed by atoms with Gasteiger partial charge < -0.3 is 10.0 Å². The zero-order valence-corrected chi connectivity index (χ0v) is 19.1. The van der Waals surface area contributed by atoms with E-state index in [2.05, 4.69) is 0 Å². The highest BCUT2D eigenvalue weighted by Crippen LogP contribution is 2.23. The molecule has 178 valence electrons. The van der Waals surface area contributed by atoms with Crippen LogP contribution in [0.3, 0.4) is 0 Å². The second-order valence-electron chi connectivity index (χ2n) is 8.93. The van der Waals surface area contributed by atoms with E-state index >= 15 is 0 Å². The fraction of sp³-hybridized carbons (Fsp3) is 0.440. The van der Waals surface area contributed by atoms with Gasteiger partial charge in [-0.15, -0.1) is 0 Å². The molecule has 1 aliphatic rings. The predicted molar refractivity (Wildman–Crippen MR) is 124 cm³/mol. The van der Waals surface area contributed by atoms with Crippen LogP contribution in [0.1, 0.15) is 35.3 Å². The Morgan fingerprint density at radius 2 is 1.70 bits per heavy atom. The molecule has 0 unspecified atom stereocenters. The van der Waals surface area contributed by atoms with Gasteiger partial charge in [0.2, 0.25) is 0 Å². The number of alkyl halides is 2. The van der Waals surface area contributed by atoms with E-state index in [0.29, 0.717) is 49.5 Å². The fourth-order valence-electron chi connectivity index (χ4n) is 3.95. The van der Waals surface area contributed by atoms with Crippen molar-refractivity contribution < 1.29 is 23.5 Å². The summed E-state index contributed by atoms with van der Waals surface area (Å²) in [6.45, 7) is 4.54. The molecule has 1 heterocycles. The van der Waals surface area contributed by atoms with Crippen LogP contribution in [-0.4, -0.2) is 71.7 Å². The van der Waals surface area contributed by atoms with Gasteiger partial charge in [-0.2, -0.15) is 0 Å². The van der Waals surface area contributed by atoms with Crippen LogP contribution in [0, 0.1) is 0 Å².